The minimum atomic E-state index is -0.153. The number of rotatable bonds is 1. The Morgan fingerprint density at radius 1 is 0.762 bits per heavy atom. The van der Waals surface area contributed by atoms with Crippen molar-refractivity contribution >= 4 is 10.8 Å². The maximum Gasteiger partial charge on any atom is 0.272 e. The fraction of sp³-hybridized carbons (Fsp3) is 0.222. The van der Waals surface area contributed by atoms with Crippen molar-refractivity contribution in [1.29, 1.82) is 0 Å². The second-order valence-corrected chi connectivity index (χ2v) is 3.81. The molecular weight excluding hydrogens is 260 g/mol. The highest BCUT2D eigenvalue weighted by Crippen LogP contribution is 2.23. The van der Waals surface area contributed by atoms with Gasteiger partial charge in [0.2, 0.25) is 0 Å². The van der Waals surface area contributed by atoms with Gasteiger partial charge in [-0.25, -0.2) is 5.10 Å². The van der Waals surface area contributed by atoms with E-state index in [2.05, 4.69) is 10.2 Å². The van der Waals surface area contributed by atoms with Crippen molar-refractivity contribution in [2.24, 2.45) is 0 Å². The standard InChI is InChI=1S/C14H10N2O.2C2H6/c17-14-12-9-5-4-8-11(12)13(15-16-14)10-6-2-1-3-7-10;2*1-2/h1-9H,(H,16,17);2*1-2H3. The summed E-state index contributed by atoms with van der Waals surface area (Å²) in [7, 11) is 0. The molecule has 0 unspecified atom stereocenters. The second kappa shape index (κ2) is 8.69. The van der Waals surface area contributed by atoms with Gasteiger partial charge in [-0.1, -0.05) is 76.2 Å². The Balaban J connectivity index is 0.000000510. The first-order chi connectivity index (χ1) is 10.4. The molecule has 3 rings (SSSR count). The molecule has 0 saturated carbocycles. The van der Waals surface area contributed by atoms with Gasteiger partial charge in [-0.2, -0.15) is 5.10 Å². The largest absolute Gasteiger partial charge is 0.272 e. The molecule has 0 bridgehead atoms. The van der Waals surface area contributed by atoms with Crippen LogP contribution in [-0.2, 0) is 0 Å². The second-order valence-electron chi connectivity index (χ2n) is 3.81. The predicted octanol–water partition coefficient (Wildman–Crippen LogP) is 4.64. The lowest BCUT2D eigenvalue weighted by Gasteiger charge is -2.04. The Morgan fingerprint density at radius 3 is 1.90 bits per heavy atom. The average molecular weight is 282 g/mol. The first-order valence-electron chi connectivity index (χ1n) is 7.39. The fourth-order valence-corrected chi connectivity index (χ4v) is 1.93. The zero-order chi connectivity index (χ0) is 15.7. The van der Waals surface area contributed by atoms with Gasteiger partial charge >= 0.3 is 0 Å². The van der Waals surface area contributed by atoms with E-state index in [0.29, 0.717) is 5.39 Å². The molecule has 1 heterocycles. The van der Waals surface area contributed by atoms with Crippen molar-refractivity contribution in [1.82, 2.24) is 10.2 Å². The number of fused-ring (bicyclic) bond motifs is 1. The quantitative estimate of drug-likeness (QED) is 0.706. The van der Waals surface area contributed by atoms with Crippen LogP contribution in [0.15, 0.2) is 59.4 Å². The van der Waals surface area contributed by atoms with Crippen molar-refractivity contribution in [3.63, 3.8) is 0 Å². The summed E-state index contributed by atoms with van der Waals surface area (Å²) in [4.78, 5) is 11.6. The number of hydrogen-bond acceptors (Lipinski definition) is 2. The van der Waals surface area contributed by atoms with Crippen LogP contribution in [0.4, 0.5) is 0 Å². The molecule has 2 aromatic carbocycles. The summed E-state index contributed by atoms with van der Waals surface area (Å²) in [5, 5.41) is 8.22. The van der Waals surface area contributed by atoms with Gasteiger partial charge in [0.25, 0.3) is 5.56 Å². The van der Waals surface area contributed by atoms with E-state index in [1.807, 2.05) is 82.3 Å². The van der Waals surface area contributed by atoms with E-state index in [1.54, 1.807) is 0 Å². The van der Waals surface area contributed by atoms with Crippen molar-refractivity contribution in [3.8, 4) is 11.3 Å². The smallest absolute Gasteiger partial charge is 0.267 e. The molecule has 0 aliphatic heterocycles. The summed E-state index contributed by atoms with van der Waals surface area (Å²) >= 11 is 0. The highest BCUT2D eigenvalue weighted by atomic mass is 16.1. The molecule has 0 fully saturated rings. The van der Waals surface area contributed by atoms with Gasteiger partial charge in [-0.3, -0.25) is 4.79 Å². The van der Waals surface area contributed by atoms with Crippen LogP contribution in [0.1, 0.15) is 27.7 Å². The molecular formula is C18H22N2O. The van der Waals surface area contributed by atoms with E-state index in [4.69, 9.17) is 0 Å². The van der Waals surface area contributed by atoms with E-state index < -0.39 is 0 Å². The van der Waals surface area contributed by atoms with Gasteiger partial charge in [0, 0.05) is 10.9 Å². The zero-order valence-electron chi connectivity index (χ0n) is 13.1. The first-order valence-corrected chi connectivity index (χ1v) is 7.39. The number of H-pyrrole nitrogens is 1. The first kappa shape index (κ1) is 16.6. The van der Waals surface area contributed by atoms with Crippen LogP contribution in [-0.4, -0.2) is 10.2 Å². The van der Waals surface area contributed by atoms with Crippen LogP contribution in [0.25, 0.3) is 22.0 Å². The normalized spacial score (nSPS) is 9.14. The van der Waals surface area contributed by atoms with Crippen molar-refractivity contribution < 1.29 is 0 Å². The van der Waals surface area contributed by atoms with Crippen LogP contribution in [0.2, 0.25) is 0 Å². The molecule has 110 valence electrons. The lowest BCUT2D eigenvalue weighted by atomic mass is 10.1. The zero-order valence-corrected chi connectivity index (χ0v) is 13.1. The van der Waals surface area contributed by atoms with Crippen molar-refractivity contribution in [3.05, 3.63) is 65.0 Å². The number of nitrogens with zero attached hydrogens (tertiary/aromatic N) is 1. The van der Waals surface area contributed by atoms with E-state index in [1.165, 1.54) is 0 Å². The molecule has 1 N–H and O–H groups in total. The van der Waals surface area contributed by atoms with E-state index >= 15 is 0 Å². The molecule has 3 nitrogen and oxygen atoms in total. The molecule has 0 radical (unpaired) electrons. The average Bonchev–Trinajstić information content (AvgIpc) is 2.60. The van der Waals surface area contributed by atoms with E-state index in [9.17, 15) is 4.79 Å². The van der Waals surface area contributed by atoms with Gasteiger partial charge < -0.3 is 0 Å². The molecule has 1 aromatic heterocycles. The summed E-state index contributed by atoms with van der Waals surface area (Å²) < 4.78 is 0. The summed E-state index contributed by atoms with van der Waals surface area (Å²) in [6.45, 7) is 8.00. The van der Waals surface area contributed by atoms with Crippen LogP contribution in [0.3, 0.4) is 0 Å². The number of aromatic nitrogens is 2. The summed E-state index contributed by atoms with van der Waals surface area (Å²) in [5.74, 6) is 0. The molecule has 0 atom stereocenters. The van der Waals surface area contributed by atoms with E-state index in [-0.39, 0.29) is 5.56 Å². The lowest BCUT2D eigenvalue weighted by molar-refractivity contribution is 1.02. The van der Waals surface area contributed by atoms with Crippen LogP contribution < -0.4 is 5.56 Å². The molecule has 21 heavy (non-hydrogen) atoms. The van der Waals surface area contributed by atoms with E-state index in [0.717, 1.165) is 16.6 Å². The Bertz CT molecular complexity index is 718. The van der Waals surface area contributed by atoms with Crippen LogP contribution >= 0.6 is 0 Å². The highest BCUT2D eigenvalue weighted by Gasteiger charge is 2.06. The minimum absolute atomic E-state index is 0.153. The maximum atomic E-state index is 11.6. The summed E-state index contributed by atoms with van der Waals surface area (Å²) in [5.41, 5.74) is 1.65. The third-order valence-corrected chi connectivity index (χ3v) is 2.74. The number of benzene rings is 2. The maximum absolute atomic E-state index is 11.6. The Morgan fingerprint density at radius 2 is 1.29 bits per heavy atom. The number of nitrogens with one attached hydrogen (secondary N) is 1. The van der Waals surface area contributed by atoms with Gasteiger partial charge in [0.15, 0.2) is 0 Å². The predicted molar refractivity (Wildman–Crippen MR) is 90.5 cm³/mol. The molecule has 0 aliphatic carbocycles. The third-order valence-electron chi connectivity index (χ3n) is 2.74. The van der Waals surface area contributed by atoms with Gasteiger partial charge in [-0.05, 0) is 6.07 Å². The fourth-order valence-electron chi connectivity index (χ4n) is 1.93. The van der Waals surface area contributed by atoms with Gasteiger partial charge in [0.1, 0.15) is 0 Å². The third kappa shape index (κ3) is 3.78. The minimum Gasteiger partial charge on any atom is -0.267 e. The van der Waals surface area contributed by atoms with Crippen molar-refractivity contribution in [2.75, 3.05) is 0 Å². The Labute approximate surface area is 125 Å². The SMILES string of the molecule is CC.CC.O=c1[nH]nc(-c2ccccc2)c2ccccc12. The monoisotopic (exact) mass is 282 g/mol. The Hall–Kier alpha value is -2.42. The Kier molecular flexibility index (Phi) is 6.88. The summed E-state index contributed by atoms with van der Waals surface area (Å²) in [6.07, 6.45) is 0. The molecule has 3 aromatic rings. The van der Waals surface area contributed by atoms with Crippen molar-refractivity contribution in [2.45, 2.75) is 27.7 Å². The summed E-state index contributed by atoms with van der Waals surface area (Å²) in [6, 6.07) is 17.3. The molecule has 3 heteroatoms. The highest BCUT2D eigenvalue weighted by molar-refractivity contribution is 5.93. The van der Waals surface area contributed by atoms with Gasteiger partial charge in [-0.15, -0.1) is 0 Å². The van der Waals surface area contributed by atoms with Gasteiger partial charge in [0.05, 0.1) is 11.1 Å². The number of hydrogen-bond donors (Lipinski definition) is 1. The molecule has 0 saturated heterocycles. The van der Waals surface area contributed by atoms with Crippen LogP contribution in [0, 0.1) is 0 Å². The molecule has 0 spiro atoms. The molecule has 0 amide bonds. The lowest BCUT2D eigenvalue weighted by Crippen LogP contribution is -2.09. The number of aromatic amines is 1. The van der Waals surface area contributed by atoms with Crippen LogP contribution in [0.5, 0.6) is 0 Å². The molecule has 0 aliphatic rings. The topological polar surface area (TPSA) is 45.8 Å².